The summed E-state index contributed by atoms with van der Waals surface area (Å²) in [6, 6.07) is 12.3. The lowest BCUT2D eigenvalue weighted by molar-refractivity contribution is -0.132. The third kappa shape index (κ3) is 5.79. The molecule has 0 aliphatic carbocycles. The lowest BCUT2D eigenvalue weighted by atomic mass is 10.2. The molecule has 1 heterocycles. The summed E-state index contributed by atoms with van der Waals surface area (Å²) in [5, 5.41) is 2.88. The molecule has 6 nitrogen and oxygen atoms in total. The average molecular weight is 477 g/mol. The van der Waals surface area contributed by atoms with Gasteiger partial charge in [0.2, 0.25) is 11.8 Å². The highest BCUT2D eigenvalue weighted by Gasteiger charge is 2.23. The number of carbonyl (C=O) groups is 2. The molecule has 2 aromatic carbocycles. The maximum absolute atomic E-state index is 14.0. The van der Waals surface area contributed by atoms with Gasteiger partial charge in [-0.1, -0.05) is 28.1 Å². The number of halogens is 2. The molecule has 0 unspecified atom stereocenters. The Balaban J connectivity index is 1.45. The second-order valence-corrected chi connectivity index (χ2v) is 8.41. The Morgan fingerprint density at radius 1 is 1.10 bits per heavy atom. The molecule has 3 rings (SSSR count). The number of hydrogen-bond acceptors (Lipinski definition) is 4. The zero-order valence-corrected chi connectivity index (χ0v) is 18.8. The van der Waals surface area contributed by atoms with Gasteiger partial charge >= 0.3 is 0 Å². The summed E-state index contributed by atoms with van der Waals surface area (Å²) < 4.78 is 14.9. The van der Waals surface area contributed by atoms with E-state index in [1.807, 2.05) is 36.1 Å². The largest absolute Gasteiger partial charge is 0.366 e. The number of likely N-dealkylation sites (N-methyl/N-ethyl adjacent to an activating group) is 1. The van der Waals surface area contributed by atoms with Crippen molar-refractivity contribution >= 4 is 39.1 Å². The van der Waals surface area contributed by atoms with Crippen LogP contribution < -0.4 is 10.2 Å². The minimum atomic E-state index is -0.246. The number of hydrogen-bond donors (Lipinski definition) is 1. The monoisotopic (exact) mass is 476 g/mol. The van der Waals surface area contributed by atoms with Crippen molar-refractivity contribution in [3.05, 3.63) is 58.3 Å². The summed E-state index contributed by atoms with van der Waals surface area (Å²) in [6.45, 7) is 4.44. The number of aryl methyl sites for hydroxylation is 1. The maximum Gasteiger partial charge on any atom is 0.238 e. The SMILES string of the molecule is Cc1cc(Br)ccc1NC(=O)CN(C)CC(=O)N1CCN(c2ccccc2F)CC1. The quantitative estimate of drug-likeness (QED) is 0.695. The van der Waals surface area contributed by atoms with Crippen LogP contribution in [-0.2, 0) is 9.59 Å². The Hall–Kier alpha value is -2.45. The van der Waals surface area contributed by atoms with Gasteiger partial charge in [0, 0.05) is 36.3 Å². The molecule has 0 aromatic heterocycles. The normalized spacial score (nSPS) is 14.2. The number of nitrogens with zero attached hydrogens (tertiary/aromatic N) is 3. The van der Waals surface area contributed by atoms with Gasteiger partial charge in [-0.15, -0.1) is 0 Å². The minimum absolute atomic E-state index is 0.0293. The molecule has 160 valence electrons. The zero-order valence-electron chi connectivity index (χ0n) is 17.2. The molecule has 1 aliphatic rings. The Bertz CT molecular complexity index is 916. The van der Waals surface area contributed by atoms with Crippen LogP contribution in [0.5, 0.6) is 0 Å². The first-order chi connectivity index (χ1) is 14.3. The molecule has 0 spiro atoms. The van der Waals surface area contributed by atoms with E-state index in [0.29, 0.717) is 31.9 Å². The number of piperazine rings is 1. The summed E-state index contributed by atoms with van der Waals surface area (Å²) in [7, 11) is 1.75. The van der Waals surface area contributed by atoms with Crippen LogP contribution in [0.2, 0.25) is 0 Å². The molecule has 1 N–H and O–H groups in total. The van der Waals surface area contributed by atoms with E-state index in [1.165, 1.54) is 6.07 Å². The second kappa shape index (κ2) is 10.0. The number of rotatable bonds is 6. The molecule has 1 aliphatic heterocycles. The van der Waals surface area contributed by atoms with Crippen LogP contribution in [0.4, 0.5) is 15.8 Å². The molecule has 2 amide bonds. The number of anilines is 2. The first-order valence-electron chi connectivity index (χ1n) is 9.85. The number of amides is 2. The van der Waals surface area contributed by atoms with Crippen molar-refractivity contribution in [2.45, 2.75) is 6.92 Å². The van der Waals surface area contributed by atoms with Gasteiger partial charge in [0.25, 0.3) is 0 Å². The highest BCUT2D eigenvalue weighted by Crippen LogP contribution is 2.21. The van der Waals surface area contributed by atoms with Gasteiger partial charge in [-0.2, -0.15) is 0 Å². The molecule has 0 atom stereocenters. The van der Waals surface area contributed by atoms with Gasteiger partial charge in [0.1, 0.15) is 5.82 Å². The summed E-state index contributed by atoms with van der Waals surface area (Å²) in [5.74, 6) is -0.442. The minimum Gasteiger partial charge on any atom is -0.366 e. The molecular weight excluding hydrogens is 451 g/mol. The summed E-state index contributed by atoms with van der Waals surface area (Å²) in [4.78, 5) is 30.3. The van der Waals surface area contributed by atoms with Crippen LogP contribution in [0.1, 0.15) is 5.56 Å². The smallest absolute Gasteiger partial charge is 0.238 e. The third-order valence-electron chi connectivity index (χ3n) is 5.11. The van der Waals surface area contributed by atoms with Crippen LogP contribution in [-0.4, -0.2) is 67.9 Å². The second-order valence-electron chi connectivity index (χ2n) is 7.50. The van der Waals surface area contributed by atoms with E-state index in [2.05, 4.69) is 21.2 Å². The number of carbonyl (C=O) groups excluding carboxylic acids is 2. The van der Waals surface area contributed by atoms with Crippen molar-refractivity contribution in [3.8, 4) is 0 Å². The highest BCUT2D eigenvalue weighted by molar-refractivity contribution is 9.10. The van der Waals surface area contributed by atoms with Crippen molar-refractivity contribution in [1.82, 2.24) is 9.80 Å². The number of benzene rings is 2. The van der Waals surface area contributed by atoms with E-state index in [4.69, 9.17) is 0 Å². The van der Waals surface area contributed by atoms with Gasteiger partial charge in [-0.3, -0.25) is 14.5 Å². The fraction of sp³-hybridized carbons (Fsp3) is 0.364. The van der Waals surface area contributed by atoms with E-state index in [0.717, 1.165) is 15.7 Å². The van der Waals surface area contributed by atoms with Gasteiger partial charge in [0.15, 0.2) is 0 Å². The lowest BCUT2D eigenvalue weighted by Crippen LogP contribution is -2.51. The van der Waals surface area contributed by atoms with E-state index >= 15 is 0 Å². The van der Waals surface area contributed by atoms with Crippen molar-refractivity contribution in [3.63, 3.8) is 0 Å². The first kappa shape index (κ1) is 22.2. The van der Waals surface area contributed by atoms with Gasteiger partial charge in [-0.05, 0) is 49.9 Å². The predicted molar refractivity (Wildman–Crippen MR) is 120 cm³/mol. The van der Waals surface area contributed by atoms with Crippen LogP contribution in [0.25, 0.3) is 0 Å². The van der Waals surface area contributed by atoms with Crippen LogP contribution in [0.3, 0.4) is 0 Å². The predicted octanol–water partition coefficient (Wildman–Crippen LogP) is 3.12. The van der Waals surface area contributed by atoms with Crippen molar-refractivity contribution in [2.75, 3.05) is 56.5 Å². The molecule has 2 aromatic rings. The van der Waals surface area contributed by atoms with Crippen molar-refractivity contribution < 1.29 is 14.0 Å². The third-order valence-corrected chi connectivity index (χ3v) is 5.60. The Morgan fingerprint density at radius 3 is 2.47 bits per heavy atom. The topological polar surface area (TPSA) is 55.9 Å². The van der Waals surface area contributed by atoms with Crippen LogP contribution >= 0.6 is 15.9 Å². The lowest BCUT2D eigenvalue weighted by Gasteiger charge is -2.36. The molecule has 1 fully saturated rings. The zero-order chi connectivity index (χ0) is 21.7. The summed E-state index contributed by atoms with van der Waals surface area (Å²) >= 11 is 3.40. The maximum atomic E-state index is 14.0. The molecule has 1 saturated heterocycles. The Morgan fingerprint density at radius 2 is 1.80 bits per heavy atom. The molecular formula is C22H26BrFN4O2. The number of nitrogens with one attached hydrogen (secondary N) is 1. The van der Waals surface area contributed by atoms with Gasteiger partial charge < -0.3 is 15.1 Å². The van der Waals surface area contributed by atoms with Crippen molar-refractivity contribution in [1.29, 1.82) is 0 Å². The standard InChI is InChI=1S/C22H26BrFN4O2/c1-16-13-17(23)7-8-19(16)25-21(29)14-26(2)15-22(30)28-11-9-27(10-12-28)20-6-4-3-5-18(20)24/h3-8,13H,9-12,14-15H2,1-2H3,(H,25,29). The number of para-hydroxylation sites is 1. The molecule has 0 bridgehead atoms. The molecule has 8 heteroatoms. The molecule has 0 radical (unpaired) electrons. The van der Waals surface area contributed by atoms with Crippen LogP contribution in [0, 0.1) is 12.7 Å². The average Bonchev–Trinajstić information content (AvgIpc) is 2.70. The van der Waals surface area contributed by atoms with Gasteiger partial charge in [0.05, 0.1) is 18.8 Å². The summed E-state index contributed by atoms with van der Waals surface area (Å²) in [5.41, 5.74) is 2.29. The summed E-state index contributed by atoms with van der Waals surface area (Å²) in [6.07, 6.45) is 0. The Kier molecular flexibility index (Phi) is 7.44. The first-order valence-corrected chi connectivity index (χ1v) is 10.6. The van der Waals surface area contributed by atoms with E-state index in [1.54, 1.807) is 29.0 Å². The molecule has 30 heavy (non-hydrogen) atoms. The van der Waals surface area contributed by atoms with E-state index in [-0.39, 0.29) is 30.7 Å². The fourth-order valence-electron chi connectivity index (χ4n) is 3.49. The molecule has 0 saturated carbocycles. The van der Waals surface area contributed by atoms with E-state index < -0.39 is 0 Å². The van der Waals surface area contributed by atoms with Gasteiger partial charge in [-0.25, -0.2) is 4.39 Å². The van der Waals surface area contributed by atoms with Crippen molar-refractivity contribution in [2.24, 2.45) is 0 Å². The highest BCUT2D eigenvalue weighted by atomic mass is 79.9. The Labute approximate surface area is 184 Å². The van der Waals surface area contributed by atoms with E-state index in [9.17, 15) is 14.0 Å². The fourth-order valence-corrected chi connectivity index (χ4v) is 3.97. The van der Waals surface area contributed by atoms with Crippen LogP contribution in [0.15, 0.2) is 46.9 Å².